The number of amides is 2. The average Bonchev–Trinajstić information content (AvgIpc) is 3.19. The van der Waals surface area contributed by atoms with Crippen molar-refractivity contribution in [2.75, 3.05) is 11.5 Å². The molecule has 7 nitrogen and oxygen atoms in total. The molecule has 4 rings (SSSR count). The van der Waals surface area contributed by atoms with Crippen molar-refractivity contribution in [3.8, 4) is 0 Å². The summed E-state index contributed by atoms with van der Waals surface area (Å²) >= 11 is 5.84. The Morgan fingerprint density at radius 3 is 2.75 bits per heavy atom. The van der Waals surface area contributed by atoms with Gasteiger partial charge in [-0.25, -0.2) is 9.69 Å². The number of anilines is 1. The highest BCUT2D eigenvalue weighted by Gasteiger charge is 2.67. The third-order valence-electron chi connectivity index (χ3n) is 4.84. The Balaban J connectivity index is 1.77. The zero-order valence-corrected chi connectivity index (χ0v) is 12.9. The molecule has 0 spiro atoms. The van der Waals surface area contributed by atoms with Crippen molar-refractivity contribution >= 4 is 35.1 Å². The first kappa shape index (κ1) is 15.3. The van der Waals surface area contributed by atoms with Gasteiger partial charge < -0.3 is 14.9 Å². The van der Waals surface area contributed by atoms with Crippen molar-refractivity contribution in [2.24, 2.45) is 11.8 Å². The van der Waals surface area contributed by atoms with Crippen LogP contribution in [-0.4, -0.2) is 46.3 Å². The van der Waals surface area contributed by atoms with Crippen LogP contribution in [0.5, 0.6) is 0 Å². The minimum Gasteiger partial charge on any atom is -0.478 e. The van der Waals surface area contributed by atoms with Crippen LogP contribution < -0.4 is 4.90 Å². The van der Waals surface area contributed by atoms with Gasteiger partial charge in [0.25, 0.3) is 0 Å². The number of aliphatic hydroxyl groups is 1. The number of hydrogen-bond donors (Lipinski definition) is 2. The molecule has 0 aromatic heterocycles. The minimum atomic E-state index is -1.25. The first-order valence-electron chi connectivity index (χ1n) is 7.28. The van der Waals surface area contributed by atoms with Gasteiger partial charge in [0.15, 0.2) is 0 Å². The van der Waals surface area contributed by atoms with Crippen LogP contribution >= 0.6 is 11.6 Å². The Morgan fingerprint density at radius 2 is 2.08 bits per heavy atom. The summed E-state index contributed by atoms with van der Waals surface area (Å²) in [7, 11) is 0. The van der Waals surface area contributed by atoms with Gasteiger partial charge in [0.1, 0.15) is 5.60 Å². The average molecular weight is 350 g/mol. The number of imide groups is 1. The summed E-state index contributed by atoms with van der Waals surface area (Å²) in [4.78, 5) is 37.7. The van der Waals surface area contributed by atoms with E-state index < -0.39 is 47.9 Å². The normalized spacial score (nSPS) is 33.4. The molecule has 24 heavy (non-hydrogen) atoms. The SMILES string of the molecule is O=C(O)c1cc(N2C(=O)[C@@H]3[C@H]4C=C[C@@](CO)(O4)[C@H]3C2=O)ccc1Cl. The molecular formula is C16H12ClNO6. The summed E-state index contributed by atoms with van der Waals surface area (Å²) in [6, 6.07) is 3.96. The van der Waals surface area contributed by atoms with Gasteiger partial charge in [-0.3, -0.25) is 9.59 Å². The summed E-state index contributed by atoms with van der Waals surface area (Å²) in [5.41, 5.74) is -1.23. The predicted molar refractivity (Wildman–Crippen MR) is 81.7 cm³/mol. The van der Waals surface area contributed by atoms with Gasteiger partial charge in [-0.1, -0.05) is 23.8 Å². The summed E-state index contributed by atoms with van der Waals surface area (Å²) in [5, 5.41) is 18.8. The van der Waals surface area contributed by atoms with Crippen LogP contribution in [0.4, 0.5) is 5.69 Å². The number of ether oxygens (including phenoxy) is 1. The molecule has 0 saturated carbocycles. The number of aliphatic hydroxyl groups excluding tert-OH is 1. The van der Waals surface area contributed by atoms with E-state index in [2.05, 4.69) is 0 Å². The fourth-order valence-electron chi connectivity index (χ4n) is 3.75. The lowest BCUT2D eigenvalue weighted by molar-refractivity contribution is -0.128. The van der Waals surface area contributed by atoms with Crippen LogP contribution in [0, 0.1) is 11.8 Å². The van der Waals surface area contributed by atoms with Crippen LogP contribution in [0.2, 0.25) is 5.02 Å². The molecule has 3 aliphatic rings. The number of nitrogens with zero attached hydrogens (tertiary/aromatic N) is 1. The standard InChI is InChI=1S/C16H12ClNO6/c17-9-2-1-7(5-8(9)15(22)23)18-13(20)11-10-3-4-16(6-19,24-10)12(11)14(18)21/h1-5,10-12,19H,6H2,(H,22,23)/t10-,11-,12-,16+/m1/s1. The molecule has 3 aliphatic heterocycles. The van der Waals surface area contributed by atoms with Gasteiger partial charge in [0.2, 0.25) is 11.8 Å². The molecule has 2 saturated heterocycles. The van der Waals surface area contributed by atoms with Crippen molar-refractivity contribution in [3.63, 3.8) is 0 Å². The Morgan fingerprint density at radius 1 is 1.33 bits per heavy atom. The van der Waals surface area contributed by atoms with E-state index in [1.165, 1.54) is 18.2 Å². The maximum Gasteiger partial charge on any atom is 0.337 e. The summed E-state index contributed by atoms with van der Waals surface area (Å²) in [6.45, 7) is -0.408. The Hall–Kier alpha value is -2.22. The molecule has 2 fully saturated rings. The first-order chi connectivity index (χ1) is 11.4. The molecule has 0 radical (unpaired) electrons. The number of carboxylic acid groups (broad SMARTS) is 1. The second-order valence-corrected chi connectivity index (χ2v) is 6.45. The fourth-order valence-corrected chi connectivity index (χ4v) is 3.95. The van der Waals surface area contributed by atoms with Gasteiger partial charge in [0, 0.05) is 0 Å². The molecule has 1 aromatic carbocycles. The second kappa shape index (κ2) is 4.89. The molecule has 2 N–H and O–H groups in total. The number of rotatable bonds is 3. The fraction of sp³-hybridized carbons (Fsp3) is 0.312. The van der Waals surface area contributed by atoms with E-state index >= 15 is 0 Å². The van der Waals surface area contributed by atoms with Gasteiger partial charge in [-0.15, -0.1) is 0 Å². The number of carbonyl (C=O) groups excluding carboxylic acids is 2. The van der Waals surface area contributed by atoms with Crippen LogP contribution in [0.3, 0.4) is 0 Å². The number of fused-ring (bicyclic) bond motifs is 5. The van der Waals surface area contributed by atoms with Crippen molar-refractivity contribution in [1.29, 1.82) is 0 Å². The maximum atomic E-state index is 12.8. The van der Waals surface area contributed by atoms with Crippen molar-refractivity contribution in [1.82, 2.24) is 0 Å². The lowest BCUT2D eigenvalue weighted by atomic mass is 9.77. The van der Waals surface area contributed by atoms with Crippen molar-refractivity contribution in [2.45, 2.75) is 11.7 Å². The van der Waals surface area contributed by atoms with Crippen LogP contribution in [0.1, 0.15) is 10.4 Å². The number of aromatic carboxylic acids is 1. The van der Waals surface area contributed by atoms with Gasteiger partial charge >= 0.3 is 5.97 Å². The maximum absolute atomic E-state index is 12.8. The highest BCUT2D eigenvalue weighted by Crippen LogP contribution is 2.52. The van der Waals surface area contributed by atoms with Crippen molar-refractivity contribution < 1.29 is 29.3 Å². The predicted octanol–water partition coefficient (Wildman–Crippen LogP) is 0.843. The van der Waals surface area contributed by atoms with E-state index in [1.807, 2.05) is 0 Å². The largest absolute Gasteiger partial charge is 0.478 e. The van der Waals surface area contributed by atoms with Gasteiger partial charge in [-0.2, -0.15) is 0 Å². The van der Waals surface area contributed by atoms with Crippen molar-refractivity contribution in [3.05, 3.63) is 40.9 Å². The monoisotopic (exact) mass is 349 g/mol. The molecule has 124 valence electrons. The molecule has 1 aromatic rings. The zero-order chi connectivity index (χ0) is 17.2. The number of hydrogen-bond acceptors (Lipinski definition) is 5. The third-order valence-corrected chi connectivity index (χ3v) is 5.17. The molecular weight excluding hydrogens is 338 g/mol. The van der Waals surface area contributed by atoms with Gasteiger partial charge in [0.05, 0.1) is 40.8 Å². The number of carboxylic acids is 1. The summed E-state index contributed by atoms with van der Waals surface area (Å²) in [5.74, 6) is -3.75. The molecule has 3 heterocycles. The molecule has 8 heteroatoms. The highest BCUT2D eigenvalue weighted by atomic mass is 35.5. The smallest absolute Gasteiger partial charge is 0.337 e. The van der Waals surface area contributed by atoms with Crippen LogP contribution in [0.25, 0.3) is 0 Å². The van der Waals surface area contributed by atoms with E-state index in [0.29, 0.717) is 0 Å². The Bertz CT molecular complexity index is 821. The van der Waals surface area contributed by atoms with E-state index in [1.54, 1.807) is 12.2 Å². The van der Waals surface area contributed by atoms with E-state index in [4.69, 9.17) is 21.4 Å². The second-order valence-electron chi connectivity index (χ2n) is 6.04. The lowest BCUT2D eigenvalue weighted by Crippen LogP contribution is -2.43. The molecule has 0 aliphatic carbocycles. The topological polar surface area (TPSA) is 104 Å². The van der Waals surface area contributed by atoms with Crippen LogP contribution in [0.15, 0.2) is 30.4 Å². The third kappa shape index (κ3) is 1.77. The van der Waals surface area contributed by atoms with Crippen LogP contribution in [-0.2, 0) is 14.3 Å². The first-order valence-corrected chi connectivity index (χ1v) is 7.66. The number of carbonyl (C=O) groups is 3. The molecule has 2 bridgehead atoms. The summed E-state index contributed by atoms with van der Waals surface area (Å²) in [6.07, 6.45) is 2.74. The zero-order valence-electron chi connectivity index (χ0n) is 12.2. The summed E-state index contributed by atoms with van der Waals surface area (Å²) < 4.78 is 5.64. The minimum absolute atomic E-state index is 0.0161. The quantitative estimate of drug-likeness (QED) is 0.619. The van der Waals surface area contributed by atoms with Gasteiger partial charge in [-0.05, 0) is 18.2 Å². The Kier molecular flexibility index (Phi) is 3.12. The van der Waals surface area contributed by atoms with E-state index in [-0.39, 0.29) is 16.3 Å². The van der Waals surface area contributed by atoms with E-state index in [9.17, 15) is 19.5 Å². The molecule has 2 amide bonds. The molecule has 4 atom stereocenters. The van der Waals surface area contributed by atoms with E-state index in [0.717, 1.165) is 4.90 Å². The highest BCUT2D eigenvalue weighted by molar-refractivity contribution is 6.34. The lowest BCUT2D eigenvalue weighted by Gasteiger charge is -2.26. The molecule has 0 unspecified atom stereocenters. The number of benzene rings is 1. The Labute approximate surface area is 141 Å². The number of halogens is 1.